The smallest absolute Gasteiger partial charge is 0.289 e. The Bertz CT molecular complexity index is 474. The molecule has 0 aliphatic carbocycles. The number of β-amino-alcohol motifs (C(OH)–C–C–N with tert-alkyl or cyclic N) is 1. The van der Waals surface area contributed by atoms with Crippen LogP contribution in [0.1, 0.15) is 49.9 Å². The molecule has 0 saturated carbocycles. The van der Waals surface area contributed by atoms with E-state index in [2.05, 4.69) is 18.7 Å². The average molecular weight is 294 g/mol. The fourth-order valence-electron chi connectivity index (χ4n) is 2.83. The summed E-state index contributed by atoms with van der Waals surface area (Å²) in [6.07, 6.45) is 1.66. The first-order chi connectivity index (χ1) is 10.0. The van der Waals surface area contributed by atoms with Crippen molar-refractivity contribution in [3.05, 3.63) is 23.7 Å². The summed E-state index contributed by atoms with van der Waals surface area (Å²) in [5.74, 6) is 1.06. The van der Waals surface area contributed by atoms with E-state index in [9.17, 15) is 9.90 Å². The summed E-state index contributed by atoms with van der Waals surface area (Å²) in [5.41, 5.74) is -0.693. The van der Waals surface area contributed by atoms with Crippen LogP contribution in [-0.4, -0.2) is 52.6 Å². The molecule has 2 rings (SSSR count). The third-order valence-corrected chi connectivity index (χ3v) is 4.12. The average Bonchev–Trinajstić information content (AvgIpc) is 2.90. The lowest BCUT2D eigenvalue weighted by Crippen LogP contribution is -2.63. The van der Waals surface area contributed by atoms with Gasteiger partial charge >= 0.3 is 0 Å². The number of likely N-dealkylation sites (tertiary alicyclic amines) is 1. The van der Waals surface area contributed by atoms with Crippen LogP contribution < -0.4 is 0 Å². The molecule has 1 aromatic heterocycles. The molecule has 0 bridgehead atoms. The summed E-state index contributed by atoms with van der Waals surface area (Å²) < 4.78 is 5.65. The fraction of sp³-hybridized carbons (Fsp3) is 0.688. The van der Waals surface area contributed by atoms with Gasteiger partial charge in [0.05, 0.1) is 25.2 Å². The molecule has 118 valence electrons. The van der Waals surface area contributed by atoms with Crippen molar-refractivity contribution >= 4 is 5.91 Å². The molecule has 1 fully saturated rings. The van der Waals surface area contributed by atoms with Crippen LogP contribution in [0.4, 0.5) is 0 Å². The van der Waals surface area contributed by atoms with E-state index >= 15 is 0 Å². The largest absolute Gasteiger partial charge is 0.455 e. The van der Waals surface area contributed by atoms with Crippen LogP contribution >= 0.6 is 0 Å². The van der Waals surface area contributed by atoms with Gasteiger partial charge in [-0.1, -0.05) is 27.2 Å². The van der Waals surface area contributed by atoms with E-state index in [1.165, 1.54) is 0 Å². The van der Waals surface area contributed by atoms with Gasteiger partial charge in [0, 0.05) is 0 Å². The first-order valence-electron chi connectivity index (χ1n) is 7.84. The molecule has 21 heavy (non-hydrogen) atoms. The number of nitrogens with zero attached hydrogens (tertiary/aromatic N) is 2. The molecule has 5 nitrogen and oxygen atoms in total. The van der Waals surface area contributed by atoms with Crippen molar-refractivity contribution in [1.82, 2.24) is 9.80 Å². The molecule has 2 heterocycles. The van der Waals surface area contributed by atoms with Crippen LogP contribution in [-0.2, 0) is 6.54 Å². The number of carbonyl (C=O) groups is 1. The van der Waals surface area contributed by atoms with E-state index in [0.29, 0.717) is 18.8 Å². The van der Waals surface area contributed by atoms with Crippen molar-refractivity contribution in [2.45, 2.75) is 45.8 Å². The molecule has 5 heteroatoms. The summed E-state index contributed by atoms with van der Waals surface area (Å²) in [6, 6.07) is 3.60. The van der Waals surface area contributed by atoms with Crippen LogP contribution in [0, 0.1) is 0 Å². The molecule has 1 aromatic rings. The Morgan fingerprint density at radius 3 is 2.57 bits per heavy atom. The van der Waals surface area contributed by atoms with Crippen LogP contribution in [0.3, 0.4) is 0 Å². The molecule has 0 spiro atoms. The Kier molecular flexibility index (Phi) is 5.06. The topological polar surface area (TPSA) is 56.9 Å². The fourth-order valence-corrected chi connectivity index (χ4v) is 2.83. The number of furan rings is 1. The van der Waals surface area contributed by atoms with Gasteiger partial charge in [0.1, 0.15) is 5.76 Å². The predicted molar refractivity (Wildman–Crippen MR) is 81.1 cm³/mol. The zero-order valence-corrected chi connectivity index (χ0v) is 13.3. The van der Waals surface area contributed by atoms with Gasteiger partial charge in [-0.25, -0.2) is 0 Å². The first-order valence-corrected chi connectivity index (χ1v) is 7.84. The monoisotopic (exact) mass is 294 g/mol. The van der Waals surface area contributed by atoms with E-state index in [0.717, 1.165) is 38.2 Å². The number of aliphatic hydroxyl groups is 1. The minimum Gasteiger partial charge on any atom is -0.455 e. The molecular formula is C16H26N2O3. The molecule has 1 aliphatic heterocycles. The Morgan fingerprint density at radius 1 is 1.33 bits per heavy atom. The molecular weight excluding hydrogens is 268 g/mol. The Morgan fingerprint density at radius 2 is 2.00 bits per heavy atom. The Labute approximate surface area is 126 Å². The summed E-state index contributed by atoms with van der Waals surface area (Å²) in [7, 11) is 0. The number of hydrogen-bond acceptors (Lipinski definition) is 4. The number of carbonyl (C=O) groups excluding carboxylic acids is 1. The summed E-state index contributed by atoms with van der Waals surface area (Å²) in [5, 5.41) is 10.1. The lowest BCUT2D eigenvalue weighted by Gasteiger charge is -2.46. The van der Waals surface area contributed by atoms with E-state index in [-0.39, 0.29) is 5.91 Å². The number of rotatable bonds is 7. The number of amides is 1. The second-order valence-electron chi connectivity index (χ2n) is 5.86. The van der Waals surface area contributed by atoms with Crippen LogP contribution in [0.2, 0.25) is 0 Å². The molecule has 0 atom stereocenters. The van der Waals surface area contributed by atoms with E-state index < -0.39 is 5.60 Å². The van der Waals surface area contributed by atoms with E-state index in [1.54, 1.807) is 11.0 Å². The standard InChI is InChI=1S/C16H26N2O3/c1-4-9-16(20)11-18(12-16)15(19)14-8-7-13(21-14)10-17(5-2)6-3/h7-8,20H,4-6,9-12H2,1-3H3. The van der Waals surface area contributed by atoms with Crippen LogP contribution in [0.25, 0.3) is 0 Å². The van der Waals surface area contributed by atoms with Crippen molar-refractivity contribution in [1.29, 1.82) is 0 Å². The maximum Gasteiger partial charge on any atom is 0.289 e. The third kappa shape index (κ3) is 3.66. The van der Waals surface area contributed by atoms with Crippen molar-refractivity contribution in [3.8, 4) is 0 Å². The van der Waals surface area contributed by atoms with Crippen molar-refractivity contribution in [2.24, 2.45) is 0 Å². The van der Waals surface area contributed by atoms with E-state index in [4.69, 9.17) is 4.42 Å². The van der Waals surface area contributed by atoms with E-state index in [1.807, 2.05) is 13.0 Å². The molecule has 0 aromatic carbocycles. The first kappa shape index (κ1) is 16.0. The highest BCUT2D eigenvalue weighted by Gasteiger charge is 2.43. The van der Waals surface area contributed by atoms with Gasteiger partial charge in [-0.2, -0.15) is 0 Å². The zero-order chi connectivity index (χ0) is 15.5. The van der Waals surface area contributed by atoms with Gasteiger partial charge in [0.2, 0.25) is 0 Å². The lowest BCUT2D eigenvalue weighted by atomic mass is 9.89. The highest BCUT2D eigenvalue weighted by atomic mass is 16.4. The summed E-state index contributed by atoms with van der Waals surface area (Å²) in [6.45, 7) is 9.69. The minimum atomic E-state index is -0.693. The lowest BCUT2D eigenvalue weighted by molar-refractivity contribution is -0.0868. The molecule has 0 unspecified atom stereocenters. The van der Waals surface area contributed by atoms with Gasteiger partial charge in [-0.15, -0.1) is 0 Å². The molecule has 1 aliphatic rings. The Balaban J connectivity index is 1.91. The minimum absolute atomic E-state index is 0.124. The maximum atomic E-state index is 12.3. The highest BCUT2D eigenvalue weighted by molar-refractivity contribution is 5.92. The van der Waals surface area contributed by atoms with Gasteiger partial charge in [-0.3, -0.25) is 9.69 Å². The molecule has 1 amide bonds. The van der Waals surface area contributed by atoms with Gasteiger partial charge in [0.15, 0.2) is 5.76 Å². The van der Waals surface area contributed by atoms with Crippen LogP contribution in [0.15, 0.2) is 16.5 Å². The molecule has 0 radical (unpaired) electrons. The Hall–Kier alpha value is -1.33. The maximum absolute atomic E-state index is 12.3. The summed E-state index contributed by atoms with van der Waals surface area (Å²) >= 11 is 0. The third-order valence-electron chi connectivity index (χ3n) is 4.12. The van der Waals surface area contributed by atoms with Crippen LogP contribution in [0.5, 0.6) is 0 Å². The normalized spacial score (nSPS) is 17.1. The molecule has 1 saturated heterocycles. The van der Waals surface area contributed by atoms with Crippen molar-refractivity contribution in [2.75, 3.05) is 26.2 Å². The SMILES string of the molecule is CCCC1(O)CN(C(=O)c2ccc(CN(CC)CC)o2)C1. The quantitative estimate of drug-likeness (QED) is 0.837. The second kappa shape index (κ2) is 6.62. The zero-order valence-electron chi connectivity index (χ0n) is 13.3. The van der Waals surface area contributed by atoms with Gasteiger partial charge in [-0.05, 0) is 31.6 Å². The van der Waals surface area contributed by atoms with Gasteiger partial charge in [0.25, 0.3) is 5.91 Å². The molecule has 1 N–H and O–H groups in total. The number of hydrogen-bond donors (Lipinski definition) is 1. The van der Waals surface area contributed by atoms with Crippen molar-refractivity contribution in [3.63, 3.8) is 0 Å². The summed E-state index contributed by atoms with van der Waals surface area (Å²) in [4.78, 5) is 16.1. The van der Waals surface area contributed by atoms with Crippen molar-refractivity contribution < 1.29 is 14.3 Å². The predicted octanol–water partition coefficient (Wildman–Crippen LogP) is 2.11. The second-order valence-corrected chi connectivity index (χ2v) is 5.86. The van der Waals surface area contributed by atoms with Gasteiger partial charge < -0.3 is 14.4 Å². The highest BCUT2D eigenvalue weighted by Crippen LogP contribution is 2.27.